The van der Waals surface area contributed by atoms with Crippen LogP contribution in [0.5, 0.6) is 0 Å². The Hall–Kier alpha value is -3.51. The molecule has 0 N–H and O–H groups in total. The van der Waals surface area contributed by atoms with Crippen molar-refractivity contribution in [1.29, 1.82) is 0 Å². The Bertz CT molecular complexity index is 1660. The van der Waals surface area contributed by atoms with Crippen LogP contribution in [0.4, 0.5) is 5.69 Å². The fourth-order valence-electron chi connectivity index (χ4n) is 6.58. The SMILES string of the molecule is O=C(c1cccs1)[C@H]1[C@H](c2ccccc2Cl)C2(C(=O)c3ccccc3C2=O)[C@H]2C=Cc3cc(Cl)ccc3N12. The fourth-order valence-corrected chi connectivity index (χ4v) is 7.71. The van der Waals surface area contributed by atoms with E-state index in [0.29, 0.717) is 31.6 Å². The van der Waals surface area contributed by atoms with Crippen LogP contribution in [0.2, 0.25) is 10.0 Å². The number of benzene rings is 3. The molecule has 0 bridgehead atoms. The van der Waals surface area contributed by atoms with E-state index in [9.17, 15) is 14.4 Å². The molecule has 0 amide bonds. The Morgan fingerprint density at radius 3 is 2.26 bits per heavy atom. The Kier molecular flexibility index (Phi) is 5.28. The molecule has 3 aromatic carbocycles. The number of Topliss-reactive ketones (excluding diaryl/α,β-unsaturated/α-hetero) is 3. The van der Waals surface area contributed by atoms with Crippen molar-refractivity contribution in [1.82, 2.24) is 0 Å². The summed E-state index contributed by atoms with van der Waals surface area (Å²) in [5.41, 5.74) is 1.38. The van der Waals surface area contributed by atoms with Gasteiger partial charge in [-0.15, -0.1) is 11.3 Å². The average molecular weight is 556 g/mol. The summed E-state index contributed by atoms with van der Waals surface area (Å²) in [6, 6.07) is 21.7. The fraction of sp³-hybridized carbons (Fsp3) is 0.129. The summed E-state index contributed by atoms with van der Waals surface area (Å²) in [7, 11) is 0. The quantitative estimate of drug-likeness (QED) is 0.195. The van der Waals surface area contributed by atoms with Gasteiger partial charge in [0.25, 0.3) is 0 Å². The third-order valence-corrected chi connectivity index (χ3v) is 9.50. The van der Waals surface area contributed by atoms with E-state index >= 15 is 0 Å². The van der Waals surface area contributed by atoms with Crippen LogP contribution in [-0.4, -0.2) is 29.4 Å². The van der Waals surface area contributed by atoms with Crippen LogP contribution < -0.4 is 4.90 Å². The number of ketones is 3. The van der Waals surface area contributed by atoms with Crippen molar-refractivity contribution in [2.24, 2.45) is 5.41 Å². The third-order valence-electron chi connectivity index (χ3n) is 8.04. The summed E-state index contributed by atoms with van der Waals surface area (Å²) >= 11 is 14.5. The van der Waals surface area contributed by atoms with E-state index in [1.807, 2.05) is 52.8 Å². The second kappa shape index (κ2) is 8.50. The highest BCUT2D eigenvalue weighted by Crippen LogP contribution is 2.61. The summed E-state index contributed by atoms with van der Waals surface area (Å²) in [5.74, 6) is -1.53. The molecule has 3 aliphatic rings. The van der Waals surface area contributed by atoms with Crippen LogP contribution >= 0.6 is 34.5 Å². The largest absolute Gasteiger partial charge is 0.352 e. The van der Waals surface area contributed by atoms with Crippen LogP contribution in [0, 0.1) is 5.41 Å². The van der Waals surface area contributed by atoms with Gasteiger partial charge in [0.1, 0.15) is 11.5 Å². The minimum absolute atomic E-state index is 0.153. The van der Waals surface area contributed by atoms with Gasteiger partial charge in [-0.05, 0) is 46.8 Å². The predicted octanol–water partition coefficient (Wildman–Crippen LogP) is 7.37. The first-order valence-corrected chi connectivity index (χ1v) is 13.8. The van der Waals surface area contributed by atoms with Gasteiger partial charge in [-0.1, -0.05) is 83.9 Å². The normalized spacial score (nSPS) is 22.5. The Balaban J connectivity index is 1.57. The second-order valence-electron chi connectivity index (χ2n) is 9.77. The highest BCUT2D eigenvalue weighted by Gasteiger charge is 2.71. The molecule has 1 aromatic heterocycles. The van der Waals surface area contributed by atoms with E-state index in [0.717, 1.165) is 11.3 Å². The lowest BCUT2D eigenvalue weighted by atomic mass is 9.64. The molecule has 0 unspecified atom stereocenters. The van der Waals surface area contributed by atoms with E-state index in [-0.39, 0.29) is 17.3 Å². The van der Waals surface area contributed by atoms with Crippen molar-refractivity contribution in [3.05, 3.63) is 127 Å². The summed E-state index contributed by atoms with van der Waals surface area (Å²) in [5, 5.41) is 2.83. The van der Waals surface area contributed by atoms with Crippen molar-refractivity contribution >= 4 is 63.7 Å². The molecule has 1 saturated heterocycles. The van der Waals surface area contributed by atoms with Gasteiger partial charge in [0.15, 0.2) is 17.3 Å². The second-order valence-corrected chi connectivity index (χ2v) is 11.6. The smallest absolute Gasteiger partial charge is 0.195 e. The molecular weight excluding hydrogens is 537 g/mol. The lowest BCUT2D eigenvalue weighted by Gasteiger charge is -2.37. The van der Waals surface area contributed by atoms with Crippen molar-refractivity contribution in [2.45, 2.75) is 18.0 Å². The number of nitrogens with zero attached hydrogens (tertiary/aromatic N) is 1. The maximum Gasteiger partial charge on any atom is 0.195 e. The topological polar surface area (TPSA) is 54.5 Å². The van der Waals surface area contributed by atoms with Gasteiger partial charge < -0.3 is 4.90 Å². The van der Waals surface area contributed by atoms with Crippen molar-refractivity contribution in [3.63, 3.8) is 0 Å². The van der Waals surface area contributed by atoms with E-state index in [1.165, 1.54) is 11.3 Å². The van der Waals surface area contributed by atoms with E-state index in [1.54, 1.807) is 48.5 Å². The van der Waals surface area contributed by atoms with E-state index in [2.05, 4.69) is 0 Å². The zero-order chi connectivity index (χ0) is 26.2. The molecule has 3 atom stereocenters. The number of carbonyl (C=O) groups excluding carboxylic acids is 3. The maximum absolute atomic E-state index is 14.5. The van der Waals surface area contributed by atoms with Crippen molar-refractivity contribution < 1.29 is 14.4 Å². The molecule has 4 nitrogen and oxygen atoms in total. The number of fused-ring (bicyclic) bond motifs is 5. The average Bonchev–Trinajstić information content (AvgIpc) is 3.62. The first-order chi connectivity index (χ1) is 18.4. The Morgan fingerprint density at radius 1 is 0.868 bits per heavy atom. The molecular formula is C31H19Cl2NO3S. The minimum atomic E-state index is -1.57. The molecule has 4 aromatic rings. The molecule has 186 valence electrons. The van der Waals surface area contributed by atoms with Crippen LogP contribution in [0.25, 0.3) is 6.08 Å². The Morgan fingerprint density at radius 2 is 1.58 bits per heavy atom. The number of hydrogen-bond donors (Lipinski definition) is 0. The van der Waals surface area contributed by atoms with Gasteiger partial charge in [-0.3, -0.25) is 14.4 Å². The van der Waals surface area contributed by atoms with Crippen molar-refractivity contribution in [2.75, 3.05) is 4.90 Å². The third kappa shape index (κ3) is 3.01. The predicted molar refractivity (Wildman–Crippen MR) is 151 cm³/mol. The Labute approximate surface area is 233 Å². The van der Waals surface area contributed by atoms with E-state index < -0.39 is 23.4 Å². The van der Waals surface area contributed by atoms with Crippen LogP contribution in [0.15, 0.2) is 90.3 Å². The molecule has 1 fully saturated rings. The van der Waals surface area contributed by atoms with Crippen molar-refractivity contribution in [3.8, 4) is 0 Å². The molecule has 38 heavy (non-hydrogen) atoms. The van der Waals surface area contributed by atoms with Gasteiger partial charge in [0.2, 0.25) is 0 Å². The molecule has 7 heteroatoms. The molecule has 1 spiro atoms. The molecule has 7 rings (SSSR count). The zero-order valence-corrected chi connectivity index (χ0v) is 22.1. The molecule has 1 aliphatic carbocycles. The number of thiophene rings is 1. The lowest BCUT2D eigenvalue weighted by Crippen LogP contribution is -2.48. The standard InChI is InChI=1S/C31H19Cl2NO3S/c32-18-12-13-23-17(16-18)11-14-25-31(29(36)19-6-1-2-7-20(19)30(31)37)26(21-8-3-4-9-22(21)33)27(34(23)25)28(35)24-10-5-15-38-24/h1-16,25-27H/t25-,26+,27-/m1/s1. The highest BCUT2D eigenvalue weighted by molar-refractivity contribution is 7.12. The van der Waals surface area contributed by atoms with Gasteiger partial charge in [-0.2, -0.15) is 0 Å². The van der Waals surface area contributed by atoms with Crippen LogP contribution in [-0.2, 0) is 0 Å². The maximum atomic E-state index is 14.5. The number of hydrogen-bond acceptors (Lipinski definition) is 5. The van der Waals surface area contributed by atoms with E-state index in [4.69, 9.17) is 23.2 Å². The molecule has 0 saturated carbocycles. The monoisotopic (exact) mass is 555 g/mol. The zero-order valence-electron chi connectivity index (χ0n) is 19.8. The summed E-state index contributed by atoms with van der Waals surface area (Å²) in [6.45, 7) is 0. The van der Waals surface area contributed by atoms with Crippen LogP contribution in [0.3, 0.4) is 0 Å². The van der Waals surface area contributed by atoms with Gasteiger partial charge in [0, 0.05) is 32.8 Å². The minimum Gasteiger partial charge on any atom is -0.352 e. The molecule has 3 heterocycles. The summed E-state index contributed by atoms with van der Waals surface area (Å²) in [4.78, 5) is 46.0. The molecule has 2 aliphatic heterocycles. The van der Waals surface area contributed by atoms with Crippen LogP contribution in [0.1, 0.15) is 47.4 Å². The first-order valence-electron chi connectivity index (χ1n) is 12.2. The number of halogens is 2. The summed E-state index contributed by atoms with van der Waals surface area (Å²) < 4.78 is 0. The highest BCUT2D eigenvalue weighted by atomic mass is 35.5. The number of anilines is 1. The number of rotatable bonds is 3. The lowest BCUT2D eigenvalue weighted by molar-refractivity contribution is 0.0666. The first kappa shape index (κ1) is 23.6. The van der Waals surface area contributed by atoms with Gasteiger partial charge in [-0.25, -0.2) is 0 Å². The van der Waals surface area contributed by atoms with Gasteiger partial charge in [0.05, 0.1) is 10.9 Å². The number of carbonyl (C=O) groups is 3. The molecule has 0 radical (unpaired) electrons. The summed E-state index contributed by atoms with van der Waals surface area (Å²) in [6.07, 6.45) is 3.78. The van der Waals surface area contributed by atoms with Gasteiger partial charge >= 0.3 is 0 Å².